The van der Waals surface area contributed by atoms with Gasteiger partial charge < -0.3 is 15.5 Å². The Morgan fingerprint density at radius 3 is 2.44 bits per heavy atom. The van der Waals surface area contributed by atoms with Crippen LogP contribution in [0.3, 0.4) is 0 Å². The van der Waals surface area contributed by atoms with E-state index in [2.05, 4.69) is 17.6 Å². The van der Waals surface area contributed by atoms with Crippen molar-refractivity contribution in [3.05, 3.63) is 64.0 Å². The number of halogens is 1. The normalized spacial score (nSPS) is 14.2. The molecule has 2 N–H and O–H groups in total. The first-order chi connectivity index (χ1) is 16.5. The number of carbonyl (C=O) groups excluding carboxylic acids is 3. The maximum atomic E-state index is 12.6. The highest BCUT2D eigenvalue weighted by atomic mass is 35.5. The first-order valence-electron chi connectivity index (χ1n) is 11.3. The lowest BCUT2D eigenvalue weighted by molar-refractivity contribution is -0.132. The number of rotatable bonds is 7. The van der Waals surface area contributed by atoms with Crippen LogP contribution in [0.25, 0.3) is 10.1 Å². The Hall–Kier alpha value is -2.94. The number of piperazine rings is 1. The summed E-state index contributed by atoms with van der Waals surface area (Å²) in [6.07, 6.45) is 0.850. The highest BCUT2D eigenvalue weighted by Crippen LogP contribution is 2.34. The summed E-state index contributed by atoms with van der Waals surface area (Å²) < 4.78 is 0.933. The maximum absolute atomic E-state index is 12.6. The highest BCUT2D eigenvalue weighted by Gasteiger charge is 2.24. The molecule has 9 heteroatoms. The number of carbonyl (C=O) groups is 3. The molecule has 0 bridgehead atoms. The van der Waals surface area contributed by atoms with Gasteiger partial charge in [-0.05, 0) is 24.1 Å². The van der Waals surface area contributed by atoms with Gasteiger partial charge in [-0.2, -0.15) is 0 Å². The van der Waals surface area contributed by atoms with E-state index < -0.39 is 0 Å². The predicted octanol–water partition coefficient (Wildman–Crippen LogP) is 3.63. The minimum absolute atomic E-state index is 0.0619. The standard InChI is InChI=1S/C25H27ClN4O3S/c1-2-17-7-3-5-9-19(17)28-21(31)16-29-11-13-30(14-12-29)22(32)15-27-25(33)24-23(26)18-8-4-6-10-20(18)34-24/h3-10H,2,11-16H2,1H3,(H,27,33)(H,28,31). The van der Waals surface area contributed by atoms with Crippen LogP contribution in [0.4, 0.5) is 5.69 Å². The van der Waals surface area contributed by atoms with Crippen molar-refractivity contribution in [2.24, 2.45) is 0 Å². The third-order valence-corrected chi connectivity index (χ3v) is 7.58. The molecule has 1 aliphatic rings. The molecule has 1 fully saturated rings. The fraction of sp³-hybridized carbons (Fsp3) is 0.320. The summed E-state index contributed by atoms with van der Waals surface area (Å²) in [4.78, 5) is 41.8. The van der Waals surface area contributed by atoms with Gasteiger partial charge >= 0.3 is 0 Å². The summed E-state index contributed by atoms with van der Waals surface area (Å²) in [7, 11) is 0. The minimum Gasteiger partial charge on any atom is -0.342 e. The zero-order valence-corrected chi connectivity index (χ0v) is 20.5. The van der Waals surface area contributed by atoms with Crippen LogP contribution in [0.2, 0.25) is 5.02 Å². The van der Waals surface area contributed by atoms with Crippen LogP contribution in [-0.4, -0.2) is 66.8 Å². The lowest BCUT2D eigenvalue weighted by Crippen LogP contribution is -2.52. The van der Waals surface area contributed by atoms with Crippen LogP contribution < -0.4 is 10.6 Å². The van der Waals surface area contributed by atoms with E-state index in [9.17, 15) is 14.4 Å². The van der Waals surface area contributed by atoms with Gasteiger partial charge in [-0.15, -0.1) is 11.3 Å². The van der Waals surface area contributed by atoms with E-state index in [1.807, 2.05) is 53.4 Å². The number of thiophene rings is 1. The summed E-state index contributed by atoms with van der Waals surface area (Å²) in [5, 5.41) is 6.94. The molecule has 0 radical (unpaired) electrons. The van der Waals surface area contributed by atoms with Gasteiger partial charge in [0.15, 0.2) is 0 Å². The van der Waals surface area contributed by atoms with E-state index in [0.717, 1.165) is 27.8 Å². The summed E-state index contributed by atoms with van der Waals surface area (Å²) in [6.45, 7) is 4.48. The monoisotopic (exact) mass is 498 g/mol. The molecule has 0 aliphatic carbocycles. The second-order valence-corrected chi connectivity index (χ2v) is 9.57. The Kier molecular flexibility index (Phi) is 7.82. The second kappa shape index (κ2) is 11.0. The SMILES string of the molecule is CCc1ccccc1NC(=O)CN1CCN(C(=O)CNC(=O)c2sc3ccccc3c2Cl)CC1. The van der Waals surface area contributed by atoms with E-state index in [-0.39, 0.29) is 30.8 Å². The highest BCUT2D eigenvalue weighted by molar-refractivity contribution is 7.21. The van der Waals surface area contributed by atoms with E-state index in [1.54, 1.807) is 4.90 Å². The molecule has 1 aliphatic heterocycles. The Bertz CT molecular complexity index is 1200. The zero-order valence-electron chi connectivity index (χ0n) is 19.0. The van der Waals surface area contributed by atoms with Crippen molar-refractivity contribution >= 4 is 56.4 Å². The van der Waals surface area contributed by atoms with Crippen molar-refractivity contribution in [2.75, 3.05) is 44.6 Å². The fourth-order valence-corrected chi connectivity index (χ4v) is 5.44. The number of benzene rings is 2. The van der Waals surface area contributed by atoms with Gasteiger partial charge in [-0.1, -0.05) is 54.9 Å². The van der Waals surface area contributed by atoms with Gasteiger partial charge in [0.25, 0.3) is 5.91 Å². The molecule has 2 aromatic carbocycles. The molecule has 1 aromatic heterocycles. The fourth-order valence-electron chi connectivity index (χ4n) is 4.01. The third-order valence-electron chi connectivity index (χ3n) is 5.91. The number of anilines is 1. The number of nitrogens with one attached hydrogen (secondary N) is 2. The van der Waals surface area contributed by atoms with Crippen molar-refractivity contribution in [3.63, 3.8) is 0 Å². The number of amides is 3. The molecule has 34 heavy (non-hydrogen) atoms. The number of fused-ring (bicyclic) bond motifs is 1. The van der Waals surface area contributed by atoms with Crippen molar-refractivity contribution in [2.45, 2.75) is 13.3 Å². The molecular weight excluding hydrogens is 472 g/mol. The van der Waals surface area contributed by atoms with Crippen LogP contribution in [0, 0.1) is 0 Å². The van der Waals surface area contributed by atoms with Gasteiger partial charge in [0.2, 0.25) is 11.8 Å². The molecule has 3 aromatic rings. The Balaban J connectivity index is 1.23. The van der Waals surface area contributed by atoms with Gasteiger partial charge in [-0.3, -0.25) is 19.3 Å². The van der Waals surface area contributed by atoms with Gasteiger partial charge in [0.05, 0.1) is 18.1 Å². The van der Waals surface area contributed by atoms with Crippen LogP contribution >= 0.6 is 22.9 Å². The van der Waals surface area contributed by atoms with E-state index in [1.165, 1.54) is 11.3 Å². The quantitative estimate of drug-likeness (QED) is 0.521. The number of hydrogen-bond donors (Lipinski definition) is 2. The van der Waals surface area contributed by atoms with Gasteiger partial charge in [-0.25, -0.2) is 0 Å². The van der Waals surface area contributed by atoms with Crippen molar-refractivity contribution in [1.82, 2.24) is 15.1 Å². The number of aryl methyl sites for hydroxylation is 1. The topological polar surface area (TPSA) is 81.8 Å². The third kappa shape index (κ3) is 5.58. The molecule has 0 saturated carbocycles. The summed E-state index contributed by atoms with van der Waals surface area (Å²) in [6, 6.07) is 15.3. The molecule has 0 unspecified atom stereocenters. The van der Waals surface area contributed by atoms with Crippen LogP contribution in [0.1, 0.15) is 22.2 Å². The predicted molar refractivity (Wildman–Crippen MR) is 137 cm³/mol. The Morgan fingerprint density at radius 2 is 1.71 bits per heavy atom. The van der Waals surface area contributed by atoms with E-state index >= 15 is 0 Å². The molecule has 7 nitrogen and oxygen atoms in total. The van der Waals surface area contributed by atoms with Gasteiger partial charge in [0.1, 0.15) is 4.88 Å². The van der Waals surface area contributed by atoms with Crippen LogP contribution in [-0.2, 0) is 16.0 Å². The lowest BCUT2D eigenvalue weighted by atomic mass is 10.1. The van der Waals surface area contributed by atoms with Crippen molar-refractivity contribution in [3.8, 4) is 0 Å². The molecule has 0 atom stereocenters. The molecular formula is C25H27ClN4O3S. The molecule has 3 amide bonds. The molecule has 1 saturated heterocycles. The lowest BCUT2D eigenvalue weighted by Gasteiger charge is -2.34. The number of nitrogens with zero attached hydrogens (tertiary/aromatic N) is 2. The summed E-state index contributed by atoms with van der Waals surface area (Å²) in [5.74, 6) is -0.554. The van der Waals surface area contributed by atoms with Crippen molar-refractivity contribution < 1.29 is 14.4 Å². The molecule has 178 valence electrons. The van der Waals surface area contributed by atoms with E-state index in [4.69, 9.17) is 11.6 Å². The minimum atomic E-state index is -0.345. The molecule has 4 rings (SSSR count). The van der Waals surface area contributed by atoms with Gasteiger partial charge in [0, 0.05) is 42.0 Å². The van der Waals surface area contributed by atoms with Crippen molar-refractivity contribution in [1.29, 1.82) is 0 Å². The smallest absolute Gasteiger partial charge is 0.263 e. The molecule has 0 spiro atoms. The maximum Gasteiger partial charge on any atom is 0.263 e. The zero-order chi connectivity index (χ0) is 24.1. The Morgan fingerprint density at radius 1 is 1.00 bits per heavy atom. The summed E-state index contributed by atoms with van der Waals surface area (Å²) >= 11 is 7.67. The van der Waals surface area contributed by atoms with Crippen LogP contribution in [0.15, 0.2) is 48.5 Å². The number of hydrogen-bond acceptors (Lipinski definition) is 5. The largest absolute Gasteiger partial charge is 0.342 e. The average Bonchev–Trinajstić information content (AvgIpc) is 3.19. The first-order valence-corrected chi connectivity index (χ1v) is 12.5. The first kappa shape index (κ1) is 24.2. The number of para-hydroxylation sites is 1. The molecule has 2 heterocycles. The van der Waals surface area contributed by atoms with Crippen LogP contribution in [0.5, 0.6) is 0 Å². The van der Waals surface area contributed by atoms with E-state index in [0.29, 0.717) is 36.1 Å². The summed E-state index contributed by atoms with van der Waals surface area (Å²) in [5.41, 5.74) is 1.95. The Labute approximate surface area is 207 Å². The average molecular weight is 499 g/mol. The second-order valence-electron chi connectivity index (χ2n) is 8.14.